The van der Waals surface area contributed by atoms with Crippen LogP contribution in [0.3, 0.4) is 0 Å². The van der Waals surface area contributed by atoms with Gasteiger partial charge in [-0.1, -0.05) is 36.2 Å². The Balaban J connectivity index is 1.90. The number of thioether (sulfide) groups is 1. The second kappa shape index (κ2) is 11.2. The number of nitrogens with zero attached hydrogens (tertiary/aromatic N) is 2. The van der Waals surface area contributed by atoms with Gasteiger partial charge in [-0.25, -0.2) is 4.98 Å². The molecule has 0 atom stereocenters. The zero-order chi connectivity index (χ0) is 22.4. The predicted octanol–water partition coefficient (Wildman–Crippen LogP) is 6.59. The van der Waals surface area contributed by atoms with Gasteiger partial charge in [0.05, 0.1) is 34.3 Å². The Morgan fingerprint density at radius 1 is 1.16 bits per heavy atom. The molecule has 0 saturated heterocycles. The summed E-state index contributed by atoms with van der Waals surface area (Å²) in [6.45, 7) is 4.39. The molecule has 0 aliphatic heterocycles. The van der Waals surface area contributed by atoms with Crippen molar-refractivity contribution in [2.24, 2.45) is 0 Å². The standard InChI is InChI=1S/C22H22Cl2N2O3S2/c1-3-29-20(28)11-10-19(27)26(14-6-5-7-15(12-14)30-4-2)13-18-25-22-17(31-18)9-8-16(23)21(22)24/h5-9,12H,3-4,10-11,13H2,1-2H3. The first-order valence-electron chi connectivity index (χ1n) is 9.85. The van der Waals surface area contributed by atoms with E-state index in [1.54, 1.807) is 29.7 Å². The zero-order valence-corrected chi connectivity index (χ0v) is 20.3. The van der Waals surface area contributed by atoms with Crippen molar-refractivity contribution < 1.29 is 14.3 Å². The van der Waals surface area contributed by atoms with Crippen LogP contribution in [0, 0.1) is 0 Å². The molecule has 31 heavy (non-hydrogen) atoms. The molecule has 0 aliphatic carbocycles. The first kappa shape index (κ1) is 23.9. The third-order valence-corrected chi connectivity index (χ3v) is 7.05. The normalized spacial score (nSPS) is 11.0. The van der Waals surface area contributed by atoms with Crippen molar-refractivity contribution in [2.75, 3.05) is 17.3 Å². The molecule has 0 aliphatic rings. The highest BCUT2D eigenvalue weighted by molar-refractivity contribution is 7.99. The van der Waals surface area contributed by atoms with Crippen molar-refractivity contribution in [3.63, 3.8) is 0 Å². The number of ether oxygens (including phenoxy) is 1. The summed E-state index contributed by atoms with van der Waals surface area (Å²) in [4.78, 5) is 32.2. The van der Waals surface area contributed by atoms with Crippen LogP contribution in [0.15, 0.2) is 41.3 Å². The number of hydrogen-bond acceptors (Lipinski definition) is 6. The van der Waals surface area contributed by atoms with Gasteiger partial charge in [0.15, 0.2) is 0 Å². The van der Waals surface area contributed by atoms with Crippen LogP contribution in [0.25, 0.3) is 10.2 Å². The fraction of sp³-hybridized carbons (Fsp3) is 0.318. The number of hydrogen-bond donors (Lipinski definition) is 0. The van der Waals surface area contributed by atoms with Gasteiger partial charge < -0.3 is 9.64 Å². The lowest BCUT2D eigenvalue weighted by atomic mass is 10.2. The molecule has 0 unspecified atom stereocenters. The van der Waals surface area contributed by atoms with Crippen LogP contribution in [0.1, 0.15) is 31.7 Å². The van der Waals surface area contributed by atoms with Crippen LogP contribution in [0.5, 0.6) is 0 Å². The molecule has 3 rings (SSSR count). The van der Waals surface area contributed by atoms with E-state index < -0.39 is 0 Å². The second-order valence-electron chi connectivity index (χ2n) is 6.53. The quantitative estimate of drug-likeness (QED) is 0.247. The topological polar surface area (TPSA) is 59.5 Å². The number of carbonyl (C=O) groups excluding carboxylic acids is 2. The Morgan fingerprint density at radius 2 is 1.97 bits per heavy atom. The number of fused-ring (bicyclic) bond motifs is 1. The molecule has 164 valence electrons. The van der Waals surface area contributed by atoms with Crippen molar-refractivity contribution in [1.29, 1.82) is 0 Å². The molecule has 0 radical (unpaired) electrons. The minimum atomic E-state index is -0.382. The Labute approximate surface area is 199 Å². The van der Waals surface area contributed by atoms with Gasteiger partial charge in [0.2, 0.25) is 5.91 Å². The molecule has 0 spiro atoms. The molecule has 5 nitrogen and oxygen atoms in total. The average molecular weight is 497 g/mol. The van der Waals surface area contributed by atoms with Gasteiger partial charge in [-0.3, -0.25) is 9.59 Å². The van der Waals surface area contributed by atoms with Gasteiger partial charge in [-0.05, 0) is 43.0 Å². The fourth-order valence-electron chi connectivity index (χ4n) is 2.99. The molecule has 0 fully saturated rings. The zero-order valence-electron chi connectivity index (χ0n) is 17.2. The van der Waals surface area contributed by atoms with Crippen LogP contribution < -0.4 is 4.90 Å². The average Bonchev–Trinajstić information content (AvgIpc) is 3.17. The minimum Gasteiger partial charge on any atom is -0.466 e. The van der Waals surface area contributed by atoms with Gasteiger partial charge in [0.1, 0.15) is 10.5 Å². The molecule has 1 aromatic heterocycles. The number of rotatable bonds is 9. The molecule has 2 aromatic carbocycles. The SMILES string of the molecule is CCOC(=O)CCC(=O)N(Cc1nc2c(Cl)c(Cl)ccc2s1)c1cccc(SCC)c1. The van der Waals surface area contributed by atoms with E-state index >= 15 is 0 Å². The van der Waals surface area contributed by atoms with Crippen molar-refractivity contribution in [3.8, 4) is 0 Å². The van der Waals surface area contributed by atoms with E-state index in [2.05, 4.69) is 11.9 Å². The van der Waals surface area contributed by atoms with E-state index in [0.29, 0.717) is 22.2 Å². The second-order valence-corrected chi connectivity index (χ2v) is 9.77. The fourth-order valence-corrected chi connectivity index (χ4v) is 5.09. The third-order valence-electron chi connectivity index (χ3n) is 4.38. The number of halogens is 2. The summed E-state index contributed by atoms with van der Waals surface area (Å²) < 4.78 is 5.86. The molecular weight excluding hydrogens is 475 g/mol. The summed E-state index contributed by atoms with van der Waals surface area (Å²) in [7, 11) is 0. The highest BCUT2D eigenvalue weighted by atomic mass is 35.5. The van der Waals surface area contributed by atoms with Gasteiger partial charge in [0, 0.05) is 17.0 Å². The monoisotopic (exact) mass is 496 g/mol. The van der Waals surface area contributed by atoms with Crippen LogP contribution >= 0.6 is 46.3 Å². The molecule has 0 N–H and O–H groups in total. The van der Waals surface area contributed by atoms with Crippen LogP contribution in [-0.4, -0.2) is 29.2 Å². The lowest BCUT2D eigenvalue weighted by Crippen LogP contribution is -2.30. The maximum absolute atomic E-state index is 13.1. The largest absolute Gasteiger partial charge is 0.466 e. The summed E-state index contributed by atoms with van der Waals surface area (Å²) in [6.07, 6.45) is 0.0926. The smallest absolute Gasteiger partial charge is 0.306 e. The van der Waals surface area contributed by atoms with Crippen molar-refractivity contribution in [2.45, 2.75) is 38.1 Å². The Hall–Kier alpha value is -1.80. The molecule has 0 bridgehead atoms. The van der Waals surface area contributed by atoms with Gasteiger partial charge in [0.25, 0.3) is 0 Å². The number of anilines is 1. The highest BCUT2D eigenvalue weighted by Crippen LogP contribution is 2.34. The Kier molecular flexibility index (Phi) is 8.60. The summed E-state index contributed by atoms with van der Waals surface area (Å²) in [5, 5.41) is 1.58. The molecule has 0 saturated carbocycles. The number of aromatic nitrogens is 1. The first-order chi connectivity index (χ1) is 14.9. The summed E-state index contributed by atoms with van der Waals surface area (Å²) in [5.74, 6) is 0.375. The van der Waals surface area contributed by atoms with E-state index in [9.17, 15) is 9.59 Å². The summed E-state index contributed by atoms with van der Waals surface area (Å²) >= 11 is 15.6. The van der Waals surface area contributed by atoms with Crippen molar-refractivity contribution in [1.82, 2.24) is 4.98 Å². The molecule has 3 aromatic rings. The number of carbonyl (C=O) groups is 2. The maximum atomic E-state index is 13.1. The first-order valence-corrected chi connectivity index (χ1v) is 12.4. The third kappa shape index (κ3) is 6.13. The maximum Gasteiger partial charge on any atom is 0.306 e. The van der Waals surface area contributed by atoms with E-state index in [-0.39, 0.29) is 31.3 Å². The van der Waals surface area contributed by atoms with Gasteiger partial charge in [-0.15, -0.1) is 23.1 Å². The van der Waals surface area contributed by atoms with E-state index in [1.807, 2.05) is 30.3 Å². The summed E-state index contributed by atoms with van der Waals surface area (Å²) in [5.41, 5.74) is 1.39. The predicted molar refractivity (Wildman–Crippen MR) is 130 cm³/mol. The highest BCUT2D eigenvalue weighted by Gasteiger charge is 2.21. The molecule has 1 heterocycles. The number of thiazole rings is 1. The van der Waals surface area contributed by atoms with E-state index in [0.717, 1.165) is 26.0 Å². The lowest BCUT2D eigenvalue weighted by molar-refractivity contribution is -0.144. The van der Waals surface area contributed by atoms with Crippen molar-refractivity contribution in [3.05, 3.63) is 51.5 Å². The molecular formula is C22H22Cl2N2O3S2. The number of esters is 1. The number of benzene rings is 2. The summed E-state index contributed by atoms with van der Waals surface area (Å²) in [6, 6.07) is 11.4. The Bertz CT molecular complexity index is 1090. The Morgan fingerprint density at radius 3 is 2.71 bits per heavy atom. The minimum absolute atomic E-state index is 0.0356. The lowest BCUT2D eigenvalue weighted by Gasteiger charge is -2.22. The van der Waals surface area contributed by atoms with Crippen LogP contribution in [0.4, 0.5) is 5.69 Å². The molecule has 9 heteroatoms. The molecule has 1 amide bonds. The van der Waals surface area contributed by atoms with Gasteiger partial charge >= 0.3 is 5.97 Å². The van der Waals surface area contributed by atoms with Crippen LogP contribution in [0.2, 0.25) is 10.0 Å². The van der Waals surface area contributed by atoms with Crippen LogP contribution in [-0.2, 0) is 20.9 Å². The van der Waals surface area contributed by atoms with Gasteiger partial charge in [-0.2, -0.15) is 0 Å². The number of amides is 1. The van der Waals surface area contributed by atoms with Crippen molar-refractivity contribution >= 4 is 74.1 Å². The van der Waals surface area contributed by atoms with E-state index in [1.165, 1.54) is 11.3 Å². The van der Waals surface area contributed by atoms with E-state index in [4.69, 9.17) is 27.9 Å².